The Morgan fingerprint density at radius 1 is 1.08 bits per heavy atom. The number of benzene rings is 2. The zero-order valence-electron chi connectivity index (χ0n) is 14.4. The van der Waals surface area contributed by atoms with Crippen LogP contribution in [0.5, 0.6) is 0 Å². The molecule has 0 aliphatic rings. The van der Waals surface area contributed by atoms with Crippen LogP contribution in [0, 0.1) is 13.8 Å². The molecule has 0 spiro atoms. The van der Waals surface area contributed by atoms with Crippen LogP contribution in [0.2, 0.25) is 0 Å². The molecular formula is C20H20N2O3. The summed E-state index contributed by atoms with van der Waals surface area (Å²) in [5.74, 6) is -0.920. The number of hydrogen-bond donors (Lipinski definition) is 2. The quantitative estimate of drug-likeness (QED) is 0.708. The number of aromatic nitrogens is 1. The third-order valence-corrected chi connectivity index (χ3v) is 4.04. The first-order chi connectivity index (χ1) is 11.9. The first kappa shape index (κ1) is 16.8. The highest BCUT2D eigenvalue weighted by Crippen LogP contribution is 2.18. The predicted octanol–water partition coefficient (Wildman–Crippen LogP) is 3.97. The van der Waals surface area contributed by atoms with Crippen molar-refractivity contribution >= 4 is 28.5 Å². The molecule has 1 atom stereocenters. The van der Waals surface area contributed by atoms with E-state index in [1.807, 2.05) is 56.3 Å². The summed E-state index contributed by atoms with van der Waals surface area (Å²) >= 11 is 0. The number of para-hydroxylation sites is 1. The van der Waals surface area contributed by atoms with Crippen LogP contribution in [0.25, 0.3) is 10.9 Å². The maximum atomic E-state index is 12.3. The Kier molecular flexibility index (Phi) is 4.57. The minimum Gasteiger partial charge on any atom is -0.448 e. The molecule has 3 rings (SSSR count). The molecule has 0 bridgehead atoms. The standard InChI is InChI=1S/C20H20N2O3/c1-12-8-9-16(13(2)10-12)22-19(23)14(3)25-20(24)18-11-15-6-4-5-7-17(15)21-18/h4-11,14,21H,1-3H3,(H,22,23)/t14-/m1/s1. The Morgan fingerprint density at radius 3 is 2.56 bits per heavy atom. The van der Waals surface area contributed by atoms with Gasteiger partial charge in [-0.15, -0.1) is 0 Å². The molecule has 1 aromatic heterocycles. The average Bonchev–Trinajstić information content (AvgIpc) is 3.01. The van der Waals surface area contributed by atoms with Gasteiger partial charge in [-0.1, -0.05) is 35.9 Å². The van der Waals surface area contributed by atoms with Crippen molar-refractivity contribution in [3.8, 4) is 0 Å². The third-order valence-electron chi connectivity index (χ3n) is 4.04. The normalized spacial score (nSPS) is 12.0. The topological polar surface area (TPSA) is 71.2 Å². The number of aryl methyl sites for hydroxylation is 2. The van der Waals surface area contributed by atoms with Crippen LogP contribution in [-0.4, -0.2) is 23.0 Å². The first-order valence-electron chi connectivity index (χ1n) is 8.11. The Bertz CT molecular complexity index is 910. The fourth-order valence-electron chi connectivity index (χ4n) is 2.65. The highest BCUT2D eigenvalue weighted by Gasteiger charge is 2.20. The van der Waals surface area contributed by atoms with Gasteiger partial charge in [0.2, 0.25) is 0 Å². The number of H-pyrrole nitrogens is 1. The van der Waals surface area contributed by atoms with Crippen molar-refractivity contribution < 1.29 is 14.3 Å². The summed E-state index contributed by atoms with van der Waals surface area (Å²) in [7, 11) is 0. The van der Waals surface area contributed by atoms with E-state index < -0.39 is 12.1 Å². The number of hydrogen-bond acceptors (Lipinski definition) is 3. The highest BCUT2D eigenvalue weighted by molar-refractivity contribution is 5.99. The zero-order valence-corrected chi connectivity index (χ0v) is 14.4. The number of carbonyl (C=O) groups is 2. The van der Waals surface area contributed by atoms with Gasteiger partial charge >= 0.3 is 5.97 Å². The van der Waals surface area contributed by atoms with Gasteiger partial charge in [-0.2, -0.15) is 0 Å². The van der Waals surface area contributed by atoms with Gasteiger partial charge in [0.05, 0.1) is 0 Å². The second kappa shape index (κ2) is 6.81. The Morgan fingerprint density at radius 2 is 1.84 bits per heavy atom. The number of fused-ring (bicyclic) bond motifs is 1. The molecule has 5 heteroatoms. The van der Waals surface area contributed by atoms with Crippen LogP contribution < -0.4 is 5.32 Å². The first-order valence-corrected chi connectivity index (χ1v) is 8.11. The van der Waals surface area contributed by atoms with Gasteiger partial charge in [0.25, 0.3) is 5.91 Å². The van der Waals surface area contributed by atoms with Gasteiger partial charge in [-0.25, -0.2) is 4.79 Å². The summed E-state index contributed by atoms with van der Waals surface area (Å²) < 4.78 is 5.28. The summed E-state index contributed by atoms with van der Waals surface area (Å²) in [6.45, 7) is 5.46. The van der Waals surface area contributed by atoms with Gasteiger partial charge in [-0.3, -0.25) is 4.79 Å². The van der Waals surface area contributed by atoms with Crippen molar-refractivity contribution in [3.05, 3.63) is 65.4 Å². The minimum absolute atomic E-state index is 0.326. The molecule has 2 aromatic carbocycles. The second-order valence-corrected chi connectivity index (χ2v) is 6.13. The van der Waals surface area contributed by atoms with Gasteiger partial charge in [0.15, 0.2) is 6.10 Å². The zero-order chi connectivity index (χ0) is 18.0. The fraction of sp³-hybridized carbons (Fsp3) is 0.200. The number of ether oxygens (including phenoxy) is 1. The maximum absolute atomic E-state index is 12.3. The monoisotopic (exact) mass is 336 g/mol. The second-order valence-electron chi connectivity index (χ2n) is 6.13. The van der Waals surface area contributed by atoms with E-state index in [-0.39, 0.29) is 5.91 Å². The van der Waals surface area contributed by atoms with Crippen LogP contribution in [0.15, 0.2) is 48.5 Å². The van der Waals surface area contributed by atoms with E-state index >= 15 is 0 Å². The van der Waals surface area contributed by atoms with E-state index in [4.69, 9.17) is 4.74 Å². The molecule has 0 saturated heterocycles. The number of carbonyl (C=O) groups excluding carboxylic acids is 2. The van der Waals surface area contributed by atoms with E-state index in [9.17, 15) is 9.59 Å². The van der Waals surface area contributed by atoms with Crippen LogP contribution in [0.4, 0.5) is 5.69 Å². The maximum Gasteiger partial charge on any atom is 0.355 e. The van der Waals surface area contributed by atoms with Crippen LogP contribution in [0.1, 0.15) is 28.5 Å². The highest BCUT2D eigenvalue weighted by atomic mass is 16.5. The molecule has 5 nitrogen and oxygen atoms in total. The van der Waals surface area contributed by atoms with Crippen molar-refractivity contribution in [2.45, 2.75) is 26.9 Å². The van der Waals surface area contributed by atoms with Crippen LogP contribution in [-0.2, 0) is 9.53 Å². The van der Waals surface area contributed by atoms with E-state index in [1.54, 1.807) is 13.0 Å². The van der Waals surface area contributed by atoms with Crippen molar-refractivity contribution in [2.24, 2.45) is 0 Å². The number of esters is 1. The molecule has 0 aliphatic carbocycles. The minimum atomic E-state index is -0.903. The summed E-state index contributed by atoms with van der Waals surface area (Å²) in [6.07, 6.45) is -0.903. The van der Waals surface area contributed by atoms with Gasteiger partial charge in [0.1, 0.15) is 5.69 Å². The van der Waals surface area contributed by atoms with Crippen molar-refractivity contribution in [3.63, 3.8) is 0 Å². The summed E-state index contributed by atoms with van der Waals surface area (Å²) in [4.78, 5) is 27.5. The largest absolute Gasteiger partial charge is 0.448 e. The number of anilines is 1. The molecule has 3 aromatic rings. The lowest BCUT2D eigenvalue weighted by molar-refractivity contribution is -0.123. The molecule has 1 heterocycles. The SMILES string of the molecule is Cc1ccc(NC(=O)[C@@H](C)OC(=O)c2cc3ccccc3[nH]2)c(C)c1. The lowest BCUT2D eigenvalue weighted by Crippen LogP contribution is -2.30. The van der Waals surface area contributed by atoms with Gasteiger partial charge in [0, 0.05) is 16.6 Å². The van der Waals surface area contributed by atoms with E-state index in [2.05, 4.69) is 10.3 Å². The number of aromatic amines is 1. The van der Waals surface area contributed by atoms with E-state index in [1.165, 1.54) is 0 Å². The molecule has 0 saturated carbocycles. The smallest absolute Gasteiger partial charge is 0.355 e. The van der Waals surface area contributed by atoms with Gasteiger partial charge in [-0.05, 0) is 44.5 Å². The molecule has 2 N–H and O–H groups in total. The number of amides is 1. The predicted molar refractivity (Wildman–Crippen MR) is 97.7 cm³/mol. The molecule has 128 valence electrons. The summed E-state index contributed by atoms with van der Waals surface area (Å²) in [5.41, 5.74) is 3.97. The Labute approximate surface area is 146 Å². The molecule has 0 aliphatic heterocycles. The lowest BCUT2D eigenvalue weighted by Gasteiger charge is -2.14. The summed E-state index contributed by atoms with van der Waals surface area (Å²) in [6, 6.07) is 15.0. The third kappa shape index (κ3) is 3.71. The van der Waals surface area contributed by atoms with Crippen molar-refractivity contribution in [1.29, 1.82) is 0 Å². The van der Waals surface area contributed by atoms with Crippen LogP contribution >= 0.6 is 0 Å². The lowest BCUT2D eigenvalue weighted by atomic mass is 10.1. The van der Waals surface area contributed by atoms with Crippen LogP contribution in [0.3, 0.4) is 0 Å². The fourth-order valence-corrected chi connectivity index (χ4v) is 2.65. The number of nitrogens with one attached hydrogen (secondary N) is 2. The Hall–Kier alpha value is -3.08. The molecule has 1 amide bonds. The summed E-state index contributed by atoms with van der Waals surface area (Å²) in [5, 5.41) is 3.71. The van der Waals surface area contributed by atoms with Crippen molar-refractivity contribution in [2.75, 3.05) is 5.32 Å². The number of rotatable bonds is 4. The van der Waals surface area contributed by atoms with Crippen molar-refractivity contribution in [1.82, 2.24) is 4.98 Å². The molecule has 0 fully saturated rings. The molecule has 25 heavy (non-hydrogen) atoms. The van der Waals surface area contributed by atoms with E-state index in [0.717, 1.165) is 22.0 Å². The Balaban J connectivity index is 1.67. The molecular weight excluding hydrogens is 316 g/mol. The molecule has 0 radical (unpaired) electrons. The van der Waals surface area contributed by atoms with E-state index in [0.29, 0.717) is 11.4 Å². The average molecular weight is 336 g/mol. The molecule has 0 unspecified atom stereocenters. The van der Waals surface area contributed by atoms with Gasteiger partial charge < -0.3 is 15.0 Å².